The van der Waals surface area contributed by atoms with Crippen LogP contribution in [-0.2, 0) is 9.47 Å². The van der Waals surface area contributed by atoms with E-state index in [2.05, 4.69) is 11.0 Å². The number of hydrogen-bond donors (Lipinski definition) is 0. The molecule has 3 nitrogen and oxygen atoms in total. The van der Waals surface area contributed by atoms with Crippen LogP contribution in [0.3, 0.4) is 0 Å². The van der Waals surface area contributed by atoms with Crippen molar-refractivity contribution in [2.75, 3.05) is 40.0 Å². The Hall–Kier alpha value is -1.23. The molecule has 0 amide bonds. The van der Waals surface area contributed by atoms with Gasteiger partial charge in [-0.25, -0.2) is 4.39 Å². The predicted octanol–water partition coefficient (Wildman–Crippen LogP) is 2.19. The highest BCUT2D eigenvalue weighted by atomic mass is 19.1. The topological polar surface area (TPSA) is 21.7 Å². The van der Waals surface area contributed by atoms with Gasteiger partial charge in [0.1, 0.15) is 5.82 Å². The van der Waals surface area contributed by atoms with Crippen LogP contribution in [0.15, 0.2) is 30.3 Å². The van der Waals surface area contributed by atoms with Crippen molar-refractivity contribution in [3.05, 3.63) is 41.7 Å². The lowest BCUT2D eigenvalue weighted by Crippen LogP contribution is -2.38. The molecule has 4 heteroatoms. The van der Waals surface area contributed by atoms with Crippen LogP contribution >= 0.6 is 0 Å². The van der Waals surface area contributed by atoms with Crippen LogP contribution in [0.2, 0.25) is 0 Å². The lowest BCUT2D eigenvalue weighted by atomic mass is 10.2. The molecular formula is C15H20FNO2. The first-order chi connectivity index (χ1) is 9.24. The van der Waals surface area contributed by atoms with Crippen molar-refractivity contribution in [3.63, 3.8) is 0 Å². The van der Waals surface area contributed by atoms with Crippen LogP contribution in [-0.4, -0.2) is 51.0 Å². The van der Waals surface area contributed by atoms with E-state index in [-0.39, 0.29) is 11.9 Å². The minimum absolute atomic E-state index is 0.165. The van der Waals surface area contributed by atoms with Gasteiger partial charge in [0.2, 0.25) is 0 Å². The van der Waals surface area contributed by atoms with Gasteiger partial charge in [-0.15, -0.1) is 0 Å². The molecule has 1 aliphatic rings. The fourth-order valence-corrected chi connectivity index (χ4v) is 2.01. The van der Waals surface area contributed by atoms with Crippen LogP contribution in [0.5, 0.6) is 0 Å². The Morgan fingerprint density at radius 2 is 2.11 bits per heavy atom. The molecule has 19 heavy (non-hydrogen) atoms. The minimum atomic E-state index is -0.205. The average Bonchev–Trinajstić information content (AvgIpc) is 2.42. The number of rotatable bonds is 5. The first-order valence-corrected chi connectivity index (χ1v) is 6.54. The maximum Gasteiger partial charge on any atom is 0.123 e. The number of nitrogens with zero attached hydrogens (tertiary/aromatic N) is 1. The molecule has 0 aromatic heterocycles. The number of hydrogen-bond acceptors (Lipinski definition) is 3. The van der Waals surface area contributed by atoms with E-state index in [0.717, 1.165) is 18.7 Å². The van der Waals surface area contributed by atoms with Gasteiger partial charge in [-0.3, -0.25) is 0 Å². The smallest absolute Gasteiger partial charge is 0.123 e. The summed E-state index contributed by atoms with van der Waals surface area (Å²) in [5.41, 5.74) is 1.01. The summed E-state index contributed by atoms with van der Waals surface area (Å²) in [5, 5.41) is 0. The molecule has 0 radical (unpaired) electrons. The Balaban J connectivity index is 1.73. The molecule has 1 heterocycles. The average molecular weight is 265 g/mol. The zero-order valence-corrected chi connectivity index (χ0v) is 11.2. The van der Waals surface area contributed by atoms with E-state index in [0.29, 0.717) is 19.8 Å². The Morgan fingerprint density at radius 3 is 2.79 bits per heavy atom. The molecule has 2 rings (SSSR count). The zero-order valence-electron chi connectivity index (χ0n) is 11.2. The van der Waals surface area contributed by atoms with E-state index in [1.165, 1.54) is 12.1 Å². The summed E-state index contributed by atoms with van der Waals surface area (Å²) in [6, 6.07) is 6.47. The summed E-state index contributed by atoms with van der Waals surface area (Å²) in [5.74, 6) is -0.205. The zero-order chi connectivity index (χ0) is 13.5. The van der Waals surface area contributed by atoms with Crippen LogP contribution < -0.4 is 0 Å². The molecule has 1 saturated heterocycles. The summed E-state index contributed by atoms with van der Waals surface area (Å²) in [6.45, 7) is 3.74. The third-order valence-corrected chi connectivity index (χ3v) is 3.00. The van der Waals surface area contributed by atoms with E-state index in [1.54, 1.807) is 12.1 Å². The summed E-state index contributed by atoms with van der Waals surface area (Å²) >= 11 is 0. The van der Waals surface area contributed by atoms with Crippen molar-refractivity contribution in [2.24, 2.45) is 0 Å². The summed E-state index contributed by atoms with van der Waals surface area (Å²) in [7, 11) is 2.05. The lowest BCUT2D eigenvalue weighted by Gasteiger charge is -2.26. The highest BCUT2D eigenvalue weighted by Gasteiger charge is 2.15. The Morgan fingerprint density at radius 1 is 1.32 bits per heavy atom. The van der Waals surface area contributed by atoms with Gasteiger partial charge in [-0.1, -0.05) is 24.3 Å². The first kappa shape index (κ1) is 14.2. The molecule has 1 aliphatic heterocycles. The molecule has 0 N–H and O–H groups in total. The van der Waals surface area contributed by atoms with Gasteiger partial charge >= 0.3 is 0 Å². The molecule has 0 spiro atoms. The standard InChI is InChI=1S/C15H20FNO2/c1-17(11-15-12-18-9-10-19-15)8-2-3-13-4-6-14(16)7-5-13/h2-7,15H,8-12H2,1H3/b3-2+/t15-/m0/s1. The van der Waals surface area contributed by atoms with Crippen molar-refractivity contribution >= 4 is 6.08 Å². The second kappa shape index (κ2) is 7.38. The van der Waals surface area contributed by atoms with Crippen molar-refractivity contribution in [1.29, 1.82) is 0 Å². The van der Waals surface area contributed by atoms with E-state index >= 15 is 0 Å². The predicted molar refractivity (Wildman–Crippen MR) is 73.5 cm³/mol. The van der Waals surface area contributed by atoms with Gasteiger partial charge in [0.15, 0.2) is 0 Å². The highest BCUT2D eigenvalue weighted by Crippen LogP contribution is 2.06. The van der Waals surface area contributed by atoms with Crippen LogP contribution in [0.25, 0.3) is 6.08 Å². The number of benzene rings is 1. The van der Waals surface area contributed by atoms with Gasteiger partial charge in [-0.05, 0) is 24.7 Å². The van der Waals surface area contributed by atoms with Crippen molar-refractivity contribution in [3.8, 4) is 0 Å². The summed E-state index contributed by atoms with van der Waals surface area (Å²) in [6.07, 6.45) is 4.23. The van der Waals surface area contributed by atoms with E-state index in [4.69, 9.17) is 9.47 Å². The maximum atomic E-state index is 12.7. The van der Waals surface area contributed by atoms with E-state index < -0.39 is 0 Å². The van der Waals surface area contributed by atoms with Gasteiger partial charge in [0.05, 0.1) is 25.9 Å². The fourth-order valence-electron chi connectivity index (χ4n) is 2.01. The Labute approximate surface area is 113 Å². The van der Waals surface area contributed by atoms with E-state index in [1.807, 2.05) is 13.1 Å². The molecule has 1 aromatic rings. The maximum absolute atomic E-state index is 12.7. The molecule has 1 atom stereocenters. The molecule has 104 valence electrons. The van der Waals surface area contributed by atoms with Crippen molar-refractivity contribution in [2.45, 2.75) is 6.10 Å². The van der Waals surface area contributed by atoms with Gasteiger partial charge in [0, 0.05) is 13.1 Å². The molecule has 0 bridgehead atoms. The SMILES string of the molecule is CN(C/C=C/c1ccc(F)cc1)C[C@H]1COCCO1. The largest absolute Gasteiger partial charge is 0.376 e. The number of ether oxygens (including phenoxy) is 2. The van der Waals surface area contributed by atoms with Gasteiger partial charge in [0.25, 0.3) is 0 Å². The molecular weight excluding hydrogens is 245 g/mol. The Kier molecular flexibility index (Phi) is 5.51. The number of likely N-dealkylation sites (N-methyl/N-ethyl adjacent to an activating group) is 1. The van der Waals surface area contributed by atoms with Crippen LogP contribution in [0, 0.1) is 5.82 Å². The fraction of sp³-hybridized carbons (Fsp3) is 0.467. The summed E-state index contributed by atoms with van der Waals surface area (Å²) in [4.78, 5) is 2.18. The molecule has 1 aromatic carbocycles. The van der Waals surface area contributed by atoms with Crippen molar-refractivity contribution in [1.82, 2.24) is 4.90 Å². The third kappa shape index (κ3) is 5.11. The Bertz CT molecular complexity index is 399. The third-order valence-electron chi connectivity index (χ3n) is 3.00. The molecule has 1 fully saturated rings. The quantitative estimate of drug-likeness (QED) is 0.814. The highest BCUT2D eigenvalue weighted by molar-refractivity contribution is 5.48. The van der Waals surface area contributed by atoms with Crippen LogP contribution in [0.1, 0.15) is 5.56 Å². The van der Waals surface area contributed by atoms with Crippen LogP contribution in [0.4, 0.5) is 4.39 Å². The number of halogens is 1. The van der Waals surface area contributed by atoms with E-state index in [9.17, 15) is 4.39 Å². The second-order valence-corrected chi connectivity index (χ2v) is 4.74. The van der Waals surface area contributed by atoms with Gasteiger partial charge in [-0.2, -0.15) is 0 Å². The lowest BCUT2D eigenvalue weighted by molar-refractivity contribution is -0.0950. The summed E-state index contributed by atoms with van der Waals surface area (Å²) < 4.78 is 23.7. The van der Waals surface area contributed by atoms with Crippen molar-refractivity contribution < 1.29 is 13.9 Å². The molecule has 0 aliphatic carbocycles. The normalized spacial score (nSPS) is 20.3. The first-order valence-electron chi connectivity index (χ1n) is 6.54. The monoisotopic (exact) mass is 265 g/mol. The molecule has 0 saturated carbocycles. The second-order valence-electron chi connectivity index (χ2n) is 4.74. The van der Waals surface area contributed by atoms with Gasteiger partial charge < -0.3 is 14.4 Å². The molecule has 0 unspecified atom stereocenters. The minimum Gasteiger partial charge on any atom is -0.376 e.